The maximum absolute atomic E-state index is 6.49. The van der Waals surface area contributed by atoms with Crippen LogP contribution >= 0.6 is 0 Å². The first-order valence-electron chi connectivity index (χ1n) is 9.88. The first-order chi connectivity index (χ1) is 12.5. The van der Waals surface area contributed by atoms with Gasteiger partial charge in [-0.2, -0.15) is 0 Å². The van der Waals surface area contributed by atoms with Crippen LogP contribution in [-0.2, 0) is 11.2 Å². The van der Waals surface area contributed by atoms with Crippen LogP contribution in [0.3, 0.4) is 0 Å². The Bertz CT molecular complexity index is 677. The molecule has 0 N–H and O–H groups in total. The molecular weight excluding hydrogens is 318 g/mol. The molecule has 0 saturated heterocycles. The van der Waals surface area contributed by atoms with Gasteiger partial charge in [-0.3, -0.25) is 0 Å². The molecule has 0 radical (unpaired) electrons. The molecule has 1 aromatic carbocycles. The van der Waals surface area contributed by atoms with Gasteiger partial charge in [0.1, 0.15) is 11.9 Å². The fourth-order valence-corrected chi connectivity index (χ4v) is 3.87. The first kappa shape index (κ1) is 20.5. The summed E-state index contributed by atoms with van der Waals surface area (Å²) in [6.45, 7) is 9.49. The molecule has 2 unspecified atom stereocenters. The number of benzene rings is 1. The molecule has 2 heteroatoms. The van der Waals surface area contributed by atoms with Gasteiger partial charge in [0, 0.05) is 12.1 Å². The predicted molar refractivity (Wildman–Crippen MR) is 113 cm³/mol. The molecule has 0 amide bonds. The van der Waals surface area contributed by atoms with Crippen molar-refractivity contribution in [2.75, 3.05) is 20.6 Å². The standard InChI is InChI=1S/C20H27NO.C4H8/c1-5-17-14(2)12-15-8-6-7-9-18(15)20-19(17)11-10-16(22-20)13-21(3)4;1-3-4-2/h5-9,14,16H,10-13H2,1-4H3;3-4H,1-2H3/b17-5+;4-3-. The molecule has 3 rings (SSSR count). The summed E-state index contributed by atoms with van der Waals surface area (Å²) >= 11 is 0. The van der Waals surface area contributed by atoms with E-state index in [0.717, 1.165) is 31.6 Å². The van der Waals surface area contributed by atoms with Gasteiger partial charge in [0.15, 0.2) is 0 Å². The average molecular weight is 354 g/mol. The Labute approximate surface area is 160 Å². The van der Waals surface area contributed by atoms with E-state index in [0.29, 0.717) is 12.0 Å². The number of ether oxygens (including phenoxy) is 1. The fraction of sp³-hybridized carbons (Fsp3) is 0.500. The highest BCUT2D eigenvalue weighted by Crippen LogP contribution is 2.42. The summed E-state index contributed by atoms with van der Waals surface area (Å²) in [6, 6.07) is 8.77. The SMILES string of the molecule is C/C=C1/C2=C(OC(CN(C)C)CC2)c2ccccc2CC1C.C/C=C\C. The lowest BCUT2D eigenvalue weighted by atomic mass is 9.87. The van der Waals surface area contributed by atoms with Gasteiger partial charge in [-0.05, 0) is 76.8 Å². The number of hydrogen-bond donors (Lipinski definition) is 0. The zero-order valence-corrected chi connectivity index (χ0v) is 17.4. The van der Waals surface area contributed by atoms with E-state index in [1.165, 1.54) is 22.3 Å². The minimum Gasteiger partial charge on any atom is -0.488 e. The van der Waals surface area contributed by atoms with Crippen molar-refractivity contribution in [2.45, 2.75) is 53.1 Å². The van der Waals surface area contributed by atoms with Crippen molar-refractivity contribution in [3.05, 3.63) is 64.8 Å². The Kier molecular flexibility index (Phi) is 7.71. The number of likely N-dealkylation sites (N-methyl/N-ethyl adjacent to an activating group) is 1. The van der Waals surface area contributed by atoms with Crippen LogP contribution in [0.25, 0.3) is 5.76 Å². The highest BCUT2D eigenvalue weighted by Gasteiger charge is 2.31. The quantitative estimate of drug-likeness (QED) is 0.618. The van der Waals surface area contributed by atoms with Gasteiger partial charge in [-0.15, -0.1) is 0 Å². The van der Waals surface area contributed by atoms with E-state index in [2.05, 4.69) is 63.2 Å². The van der Waals surface area contributed by atoms with Crippen LogP contribution in [0, 0.1) is 5.92 Å². The van der Waals surface area contributed by atoms with Gasteiger partial charge >= 0.3 is 0 Å². The van der Waals surface area contributed by atoms with Crippen molar-refractivity contribution in [1.29, 1.82) is 0 Å². The molecule has 1 aliphatic carbocycles. The third-order valence-corrected chi connectivity index (χ3v) is 5.16. The minimum absolute atomic E-state index is 0.299. The van der Waals surface area contributed by atoms with Crippen molar-refractivity contribution in [3.8, 4) is 0 Å². The van der Waals surface area contributed by atoms with Crippen molar-refractivity contribution in [2.24, 2.45) is 5.92 Å². The maximum atomic E-state index is 6.49. The maximum Gasteiger partial charge on any atom is 0.130 e. The van der Waals surface area contributed by atoms with E-state index in [-0.39, 0.29) is 0 Å². The molecule has 2 aliphatic rings. The summed E-state index contributed by atoms with van der Waals surface area (Å²) in [5.41, 5.74) is 5.65. The normalized spacial score (nSPS) is 23.9. The molecule has 26 heavy (non-hydrogen) atoms. The zero-order chi connectivity index (χ0) is 19.1. The molecular formula is C24H35NO. The van der Waals surface area contributed by atoms with E-state index in [1.54, 1.807) is 0 Å². The number of nitrogens with zero attached hydrogens (tertiary/aromatic N) is 1. The number of hydrogen-bond acceptors (Lipinski definition) is 2. The third-order valence-electron chi connectivity index (χ3n) is 5.16. The van der Waals surface area contributed by atoms with E-state index in [1.807, 2.05) is 26.0 Å². The van der Waals surface area contributed by atoms with E-state index in [4.69, 9.17) is 4.74 Å². The Morgan fingerprint density at radius 1 is 1.12 bits per heavy atom. The molecule has 0 fully saturated rings. The summed E-state index contributed by atoms with van der Waals surface area (Å²) in [4.78, 5) is 2.22. The highest BCUT2D eigenvalue weighted by molar-refractivity contribution is 5.72. The van der Waals surface area contributed by atoms with Gasteiger partial charge in [-0.1, -0.05) is 49.4 Å². The van der Waals surface area contributed by atoms with Crippen LogP contribution in [0.2, 0.25) is 0 Å². The third kappa shape index (κ3) is 4.88. The summed E-state index contributed by atoms with van der Waals surface area (Å²) < 4.78 is 6.49. The molecule has 2 atom stereocenters. The average Bonchev–Trinajstić information content (AvgIpc) is 2.74. The molecule has 1 heterocycles. The van der Waals surface area contributed by atoms with Gasteiger partial charge in [-0.25, -0.2) is 0 Å². The van der Waals surface area contributed by atoms with Gasteiger partial charge in [0.05, 0.1) is 0 Å². The Morgan fingerprint density at radius 2 is 1.81 bits per heavy atom. The van der Waals surface area contributed by atoms with Crippen LogP contribution in [-0.4, -0.2) is 31.6 Å². The lowest BCUT2D eigenvalue weighted by molar-refractivity contribution is 0.112. The van der Waals surface area contributed by atoms with E-state index in [9.17, 15) is 0 Å². The van der Waals surface area contributed by atoms with Gasteiger partial charge in [0.2, 0.25) is 0 Å². The fourth-order valence-electron chi connectivity index (χ4n) is 3.87. The second kappa shape index (κ2) is 9.78. The molecule has 2 nitrogen and oxygen atoms in total. The molecule has 142 valence electrons. The first-order valence-corrected chi connectivity index (χ1v) is 9.88. The Morgan fingerprint density at radius 3 is 2.42 bits per heavy atom. The lowest BCUT2D eigenvalue weighted by Gasteiger charge is -2.31. The van der Waals surface area contributed by atoms with Crippen molar-refractivity contribution in [1.82, 2.24) is 4.90 Å². The van der Waals surface area contributed by atoms with Gasteiger partial charge < -0.3 is 9.64 Å². The van der Waals surface area contributed by atoms with Crippen LogP contribution in [0.5, 0.6) is 0 Å². The van der Waals surface area contributed by atoms with Gasteiger partial charge in [0.25, 0.3) is 0 Å². The smallest absolute Gasteiger partial charge is 0.130 e. The van der Waals surface area contributed by atoms with Crippen molar-refractivity contribution >= 4 is 5.76 Å². The van der Waals surface area contributed by atoms with Crippen LogP contribution < -0.4 is 0 Å². The summed E-state index contributed by atoms with van der Waals surface area (Å²) in [5, 5.41) is 0. The van der Waals surface area contributed by atoms with Crippen LogP contribution in [0.1, 0.15) is 51.7 Å². The van der Waals surface area contributed by atoms with Crippen LogP contribution in [0.4, 0.5) is 0 Å². The van der Waals surface area contributed by atoms with Crippen LogP contribution in [0.15, 0.2) is 53.6 Å². The van der Waals surface area contributed by atoms with E-state index >= 15 is 0 Å². The molecule has 1 aliphatic heterocycles. The molecule has 0 bridgehead atoms. The monoisotopic (exact) mass is 353 g/mol. The Balaban J connectivity index is 0.000000552. The van der Waals surface area contributed by atoms with Crippen molar-refractivity contribution in [3.63, 3.8) is 0 Å². The molecule has 0 spiro atoms. The number of fused-ring (bicyclic) bond motifs is 2. The summed E-state index contributed by atoms with van der Waals surface area (Å²) in [6.07, 6.45) is 9.94. The Hall–Kier alpha value is -1.80. The minimum atomic E-state index is 0.299. The second-order valence-corrected chi connectivity index (χ2v) is 7.52. The second-order valence-electron chi connectivity index (χ2n) is 7.52. The highest BCUT2D eigenvalue weighted by atomic mass is 16.5. The molecule has 0 aromatic heterocycles. The number of allylic oxidation sites excluding steroid dienone is 5. The van der Waals surface area contributed by atoms with Crippen molar-refractivity contribution < 1.29 is 4.74 Å². The predicted octanol–water partition coefficient (Wildman–Crippen LogP) is 5.86. The van der Waals surface area contributed by atoms with E-state index < -0.39 is 0 Å². The largest absolute Gasteiger partial charge is 0.488 e. The zero-order valence-electron chi connectivity index (χ0n) is 17.4. The molecule has 0 saturated carbocycles. The lowest BCUT2D eigenvalue weighted by Crippen LogP contribution is -2.30. The molecule has 1 aromatic rings. The summed E-state index contributed by atoms with van der Waals surface area (Å²) in [7, 11) is 4.24. The topological polar surface area (TPSA) is 12.5 Å². The number of rotatable bonds is 2. The summed E-state index contributed by atoms with van der Waals surface area (Å²) in [5.74, 6) is 1.71.